The highest BCUT2D eigenvalue weighted by atomic mass is 15.0. The average molecular weight is 187 g/mol. The van der Waals surface area contributed by atoms with Gasteiger partial charge in [-0.05, 0) is 36.5 Å². The van der Waals surface area contributed by atoms with Gasteiger partial charge in [0.15, 0.2) is 0 Å². The fraction of sp³-hybridized carbons (Fsp3) is 0.538. The van der Waals surface area contributed by atoms with Crippen LogP contribution >= 0.6 is 0 Å². The molecule has 2 atom stereocenters. The van der Waals surface area contributed by atoms with Crippen LogP contribution in [0.25, 0.3) is 0 Å². The summed E-state index contributed by atoms with van der Waals surface area (Å²) in [5.74, 6) is 0.816. The average Bonchev–Trinajstić information content (AvgIpc) is 2.76. The van der Waals surface area contributed by atoms with E-state index < -0.39 is 0 Å². The predicted molar refractivity (Wildman–Crippen MR) is 59.8 cm³/mol. The van der Waals surface area contributed by atoms with E-state index in [1.807, 2.05) is 0 Å². The van der Waals surface area contributed by atoms with Crippen molar-refractivity contribution in [1.29, 1.82) is 0 Å². The summed E-state index contributed by atoms with van der Waals surface area (Å²) in [4.78, 5) is 0. The topological polar surface area (TPSA) is 12.0 Å². The molecular formula is C13H17N. The summed E-state index contributed by atoms with van der Waals surface area (Å²) in [6.07, 6.45) is 5.31. The normalized spacial score (nSPS) is 28.4. The van der Waals surface area contributed by atoms with Crippen LogP contribution in [0.1, 0.15) is 43.2 Å². The van der Waals surface area contributed by atoms with E-state index in [1.165, 1.54) is 30.5 Å². The number of benzene rings is 1. The first-order chi connectivity index (χ1) is 6.88. The van der Waals surface area contributed by atoms with Crippen molar-refractivity contribution >= 4 is 5.69 Å². The smallest absolute Gasteiger partial charge is 0.0378 e. The Morgan fingerprint density at radius 3 is 3.14 bits per heavy atom. The molecule has 0 radical (unpaired) electrons. The lowest BCUT2D eigenvalue weighted by atomic mass is 9.95. The van der Waals surface area contributed by atoms with Crippen molar-refractivity contribution < 1.29 is 0 Å². The van der Waals surface area contributed by atoms with Gasteiger partial charge in [-0.25, -0.2) is 0 Å². The highest BCUT2D eigenvalue weighted by Gasteiger charge is 2.35. The van der Waals surface area contributed by atoms with Crippen LogP contribution in [0.3, 0.4) is 0 Å². The highest BCUT2D eigenvalue weighted by molar-refractivity contribution is 5.61. The zero-order chi connectivity index (χ0) is 9.54. The molecule has 1 fully saturated rings. The molecule has 14 heavy (non-hydrogen) atoms. The molecule has 0 amide bonds. The molecule has 2 aliphatic rings. The van der Waals surface area contributed by atoms with E-state index in [0.29, 0.717) is 0 Å². The second-order valence-electron chi connectivity index (χ2n) is 4.56. The minimum atomic E-state index is 0.747. The number of hydrogen-bond donors (Lipinski definition) is 1. The molecule has 1 heteroatoms. The van der Waals surface area contributed by atoms with Crippen molar-refractivity contribution in [2.24, 2.45) is 0 Å². The molecule has 0 spiro atoms. The van der Waals surface area contributed by atoms with Crippen LogP contribution in [-0.2, 0) is 6.42 Å². The molecule has 0 bridgehead atoms. The Bertz CT molecular complexity index is 356. The Morgan fingerprint density at radius 2 is 2.29 bits per heavy atom. The molecule has 1 saturated carbocycles. The van der Waals surface area contributed by atoms with Gasteiger partial charge in [-0.3, -0.25) is 0 Å². The largest absolute Gasteiger partial charge is 0.381 e. The third-order valence-corrected chi connectivity index (χ3v) is 3.78. The van der Waals surface area contributed by atoms with Crippen LogP contribution in [0, 0.1) is 0 Å². The van der Waals surface area contributed by atoms with Crippen LogP contribution in [0.5, 0.6) is 0 Å². The third-order valence-electron chi connectivity index (χ3n) is 3.78. The Kier molecular flexibility index (Phi) is 1.79. The summed E-state index contributed by atoms with van der Waals surface area (Å²) in [6, 6.07) is 7.69. The van der Waals surface area contributed by atoms with E-state index in [2.05, 4.69) is 30.4 Å². The van der Waals surface area contributed by atoms with Gasteiger partial charge in [0.2, 0.25) is 0 Å². The minimum absolute atomic E-state index is 0.747. The summed E-state index contributed by atoms with van der Waals surface area (Å²) < 4.78 is 0. The Morgan fingerprint density at radius 1 is 1.36 bits per heavy atom. The van der Waals surface area contributed by atoms with E-state index in [0.717, 1.165) is 18.4 Å². The molecule has 2 unspecified atom stereocenters. The molecular weight excluding hydrogens is 170 g/mol. The van der Waals surface area contributed by atoms with Crippen LogP contribution in [0.4, 0.5) is 5.69 Å². The summed E-state index contributed by atoms with van der Waals surface area (Å²) >= 11 is 0. The SMILES string of the molecule is CCc1ccc2c(c1)C1CCCC1N2. The van der Waals surface area contributed by atoms with Crippen LogP contribution < -0.4 is 5.32 Å². The maximum absolute atomic E-state index is 3.65. The lowest BCUT2D eigenvalue weighted by Crippen LogP contribution is -2.13. The Labute approximate surface area is 85.5 Å². The van der Waals surface area contributed by atoms with Crippen molar-refractivity contribution in [3.05, 3.63) is 29.3 Å². The quantitative estimate of drug-likeness (QED) is 0.711. The predicted octanol–water partition coefficient (Wildman–Crippen LogP) is 3.31. The summed E-state index contributed by atoms with van der Waals surface area (Å²) in [6.45, 7) is 2.23. The first-order valence-corrected chi connectivity index (χ1v) is 5.78. The van der Waals surface area contributed by atoms with Crippen molar-refractivity contribution in [1.82, 2.24) is 0 Å². The molecule has 1 nitrogen and oxygen atoms in total. The fourth-order valence-corrected chi connectivity index (χ4v) is 2.98. The number of anilines is 1. The number of nitrogens with one attached hydrogen (secondary N) is 1. The monoisotopic (exact) mass is 187 g/mol. The first kappa shape index (κ1) is 8.34. The molecule has 1 aromatic carbocycles. The van der Waals surface area contributed by atoms with E-state index >= 15 is 0 Å². The lowest BCUT2D eigenvalue weighted by Gasteiger charge is -2.08. The highest BCUT2D eigenvalue weighted by Crippen LogP contribution is 2.45. The van der Waals surface area contributed by atoms with Crippen LogP contribution in [-0.4, -0.2) is 6.04 Å². The molecule has 74 valence electrons. The molecule has 1 aliphatic heterocycles. The molecule has 1 N–H and O–H groups in total. The number of rotatable bonds is 1. The molecule has 1 aromatic rings. The summed E-state index contributed by atoms with van der Waals surface area (Å²) in [7, 11) is 0. The van der Waals surface area contributed by atoms with Gasteiger partial charge >= 0.3 is 0 Å². The molecule has 1 aliphatic carbocycles. The van der Waals surface area contributed by atoms with Gasteiger partial charge in [0.05, 0.1) is 0 Å². The van der Waals surface area contributed by atoms with Gasteiger partial charge in [0.25, 0.3) is 0 Å². The lowest BCUT2D eigenvalue weighted by molar-refractivity contribution is 0.689. The van der Waals surface area contributed by atoms with Gasteiger partial charge in [-0.2, -0.15) is 0 Å². The standard InChI is InChI=1S/C13H17N/c1-2-9-6-7-13-11(8-9)10-4-3-5-12(10)14-13/h6-8,10,12,14H,2-5H2,1H3. The maximum Gasteiger partial charge on any atom is 0.0378 e. The third kappa shape index (κ3) is 1.08. The number of aryl methyl sites for hydroxylation is 1. The van der Waals surface area contributed by atoms with E-state index in [9.17, 15) is 0 Å². The second kappa shape index (κ2) is 3.01. The maximum atomic E-state index is 3.65. The molecule has 1 heterocycles. The van der Waals surface area contributed by atoms with Crippen molar-refractivity contribution in [3.63, 3.8) is 0 Å². The van der Waals surface area contributed by atoms with Crippen LogP contribution in [0.2, 0.25) is 0 Å². The molecule has 3 rings (SSSR count). The Hall–Kier alpha value is -0.980. The molecule has 0 saturated heterocycles. The minimum Gasteiger partial charge on any atom is -0.381 e. The first-order valence-electron chi connectivity index (χ1n) is 5.78. The van der Waals surface area contributed by atoms with E-state index in [1.54, 1.807) is 5.56 Å². The molecule has 0 aromatic heterocycles. The van der Waals surface area contributed by atoms with Crippen molar-refractivity contribution in [3.8, 4) is 0 Å². The Balaban J connectivity index is 2.03. The van der Waals surface area contributed by atoms with Gasteiger partial charge in [0, 0.05) is 17.6 Å². The van der Waals surface area contributed by atoms with Crippen molar-refractivity contribution in [2.75, 3.05) is 5.32 Å². The van der Waals surface area contributed by atoms with Gasteiger partial charge in [0.1, 0.15) is 0 Å². The van der Waals surface area contributed by atoms with Gasteiger partial charge in [-0.1, -0.05) is 25.5 Å². The second-order valence-corrected chi connectivity index (χ2v) is 4.56. The van der Waals surface area contributed by atoms with E-state index in [4.69, 9.17) is 0 Å². The number of fused-ring (bicyclic) bond motifs is 3. The summed E-state index contributed by atoms with van der Waals surface area (Å²) in [5.41, 5.74) is 4.47. The fourth-order valence-electron chi connectivity index (χ4n) is 2.98. The van der Waals surface area contributed by atoms with Gasteiger partial charge < -0.3 is 5.32 Å². The summed E-state index contributed by atoms with van der Waals surface area (Å²) in [5, 5.41) is 3.65. The zero-order valence-electron chi connectivity index (χ0n) is 8.72. The van der Waals surface area contributed by atoms with Crippen LogP contribution in [0.15, 0.2) is 18.2 Å². The van der Waals surface area contributed by atoms with Crippen molar-refractivity contribution in [2.45, 2.75) is 44.6 Å². The number of hydrogen-bond acceptors (Lipinski definition) is 1. The van der Waals surface area contributed by atoms with Gasteiger partial charge in [-0.15, -0.1) is 0 Å². The zero-order valence-corrected chi connectivity index (χ0v) is 8.72. The van der Waals surface area contributed by atoms with E-state index in [-0.39, 0.29) is 0 Å².